The largest absolute Gasteiger partial charge is 0.455 e. The number of nitrogen functional groups attached to an aromatic ring is 2. The number of hydrogen-bond acceptors (Lipinski definition) is 3. The first-order valence-corrected chi connectivity index (χ1v) is 9.87. The molecule has 0 bridgehead atoms. The molecule has 3 nitrogen and oxygen atoms in total. The van der Waals surface area contributed by atoms with Crippen LogP contribution < -0.4 is 16.2 Å². The zero-order chi connectivity index (χ0) is 19.5. The molecule has 0 unspecified atom stereocenters. The quantitative estimate of drug-likeness (QED) is 0.444. The Hall–Kier alpha value is -2.88. The maximum absolute atomic E-state index is 6.03. The Bertz CT molecular complexity index is 930. The Morgan fingerprint density at radius 2 is 1.36 bits per heavy atom. The third kappa shape index (κ3) is 4.17. The molecule has 1 aliphatic carbocycles. The van der Waals surface area contributed by atoms with E-state index in [0.29, 0.717) is 28.9 Å². The number of hydrogen-bond donors (Lipinski definition) is 2. The van der Waals surface area contributed by atoms with Gasteiger partial charge in [0.25, 0.3) is 0 Å². The molecule has 0 saturated heterocycles. The molecule has 4 heteroatoms. The van der Waals surface area contributed by atoms with E-state index < -0.39 is 0 Å². The van der Waals surface area contributed by atoms with Crippen LogP contribution in [0.1, 0.15) is 37.2 Å². The van der Waals surface area contributed by atoms with Crippen molar-refractivity contribution in [1.82, 2.24) is 0 Å². The van der Waals surface area contributed by atoms with Crippen LogP contribution in [0.15, 0.2) is 66.7 Å². The Labute approximate surface area is 168 Å². The van der Waals surface area contributed by atoms with Gasteiger partial charge in [-0.3, -0.25) is 0 Å². The molecule has 1 aliphatic rings. The molecule has 1 fully saturated rings. The second-order valence-electron chi connectivity index (χ2n) is 7.66. The van der Waals surface area contributed by atoms with Crippen molar-refractivity contribution >= 4 is 19.2 Å². The van der Waals surface area contributed by atoms with Crippen molar-refractivity contribution in [3.8, 4) is 22.6 Å². The van der Waals surface area contributed by atoms with E-state index in [2.05, 4.69) is 36.4 Å². The van der Waals surface area contributed by atoms with Gasteiger partial charge in [0.2, 0.25) is 0 Å². The molecule has 28 heavy (non-hydrogen) atoms. The van der Waals surface area contributed by atoms with Crippen LogP contribution in [0, 0.1) is 0 Å². The second-order valence-corrected chi connectivity index (χ2v) is 7.66. The summed E-state index contributed by atoms with van der Waals surface area (Å²) in [6.45, 7) is 0. The van der Waals surface area contributed by atoms with Crippen LogP contribution in [0.5, 0.6) is 11.5 Å². The fourth-order valence-electron chi connectivity index (χ4n) is 3.88. The van der Waals surface area contributed by atoms with E-state index in [1.54, 1.807) is 18.2 Å². The number of anilines is 2. The molecule has 0 amide bonds. The molecule has 0 heterocycles. The number of benzene rings is 3. The van der Waals surface area contributed by atoms with E-state index in [9.17, 15) is 0 Å². The first kappa shape index (κ1) is 18.5. The summed E-state index contributed by atoms with van der Waals surface area (Å²) in [6.07, 6.45) is 4.65. The van der Waals surface area contributed by atoms with Gasteiger partial charge in [0.1, 0.15) is 5.75 Å². The molecule has 3 aromatic carbocycles. The molecule has 4 rings (SSSR count). The van der Waals surface area contributed by atoms with Crippen molar-refractivity contribution in [2.75, 3.05) is 11.5 Å². The predicted octanol–water partition coefficient (Wildman–Crippen LogP) is 5.92. The van der Waals surface area contributed by atoms with Gasteiger partial charge < -0.3 is 16.2 Å². The maximum Gasteiger partial charge on any atom is 0.152 e. The molecule has 2 radical (unpaired) electrons. The van der Waals surface area contributed by atoms with Crippen molar-refractivity contribution in [3.05, 3.63) is 72.3 Å². The molecule has 0 aromatic heterocycles. The van der Waals surface area contributed by atoms with Gasteiger partial charge in [0, 0.05) is 11.8 Å². The second kappa shape index (κ2) is 8.01. The average Bonchev–Trinajstić information content (AvgIpc) is 2.72. The normalized spacial score (nSPS) is 19.3. The van der Waals surface area contributed by atoms with Crippen LogP contribution in [0.3, 0.4) is 0 Å². The standard InChI is InChI=1S/C24H25BN2O/c25-20-9-5-18(6-10-20)16-1-3-17(4-2-16)19-7-12-22(13-8-19)28-24-15-21(26)11-14-23(24)27/h1-4,7-8,11-15,18,20H,5-6,9-10,26-27H2. The summed E-state index contributed by atoms with van der Waals surface area (Å²) in [7, 11) is 6.03. The smallest absolute Gasteiger partial charge is 0.152 e. The minimum Gasteiger partial charge on any atom is -0.455 e. The van der Waals surface area contributed by atoms with Gasteiger partial charge in [-0.1, -0.05) is 55.1 Å². The zero-order valence-corrected chi connectivity index (χ0v) is 16.0. The highest BCUT2D eigenvalue weighted by atomic mass is 16.5. The minimum atomic E-state index is 0.388. The molecule has 4 N–H and O–H groups in total. The van der Waals surface area contributed by atoms with Crippen molar-refractivity contribution in [2.45, 2.75) is 37.4 Å². The molecule has 0 atom stereocenters. The SMILES string of the molecule is [B]C1CCC(c2ccc(-c3ccc(Oc4cc(N)ccc4N)cc3)cc2)CC1. The van der Waals surface area contributed by atoms with Crippen LogP contribution >= 0.6 is 0 Å². The van der Waals surface area contributed by atoms with Crippen molar-refractivity contribution in [2.24, 2.45) is 0 Å². The first-order valence-electron chi connectivity index (χ1n) is 9.87. The highest BCUT2D eigenvalue weighted by Gasteiger charge is 2.19. The Morgan fingerprint density at radius 3 is 2.00 bits per heavy atom. The van der Waals surface area contributed by atoms with E-state index in [1.807, 2.05) is 12.1 Å². The third-order valence-electron chi connectivity index (χ3n) is 5.61. The average molecular weight is 368 g/mol. The Balaban J connectivity index is 1.45. The molecule has 3 aromatic rings. The Kier molecular flexibility index (Phi) is 5.29. The first-order chi connectivity index (χ1) is 13.6. The lowest BCUT2D eigenvalue weighted by Gasteiger charge is -2.26. The molecular formula is C24H25BN2O. The van der Waals surface area contributed by atoms with Crippen LogP contribution in [0.25, 0.3) is 11.1 Å². The summed E-state index contributed by atoms with van der Waals surface area (Å²) in [5.41, 5.74) is 16.7. The lowest BCUT2D eigenvalue weighted by Crippen LogP contribution is -2.09. The van der Waals surface area contributed by atoms with E-state index in [0.717, 1.165) is 24.2 Å². The van der Waals surface area contributed by atoms with Gasteiger partial charge in [-0.15, -0.1) is 0 Å². The predicted molar refractivity (Wildman–Crippen MR) is 118 cm³/mol. The molecule has 1 saturated carbocycles. The number of rotatable bonds is 4. The van der Waals surface area contributed by atoms with Gasteiger partial charge in [-0.05, 0) is 59.7 Å². The maximum atomic E-state index is 6.03. The fraction of sp³-hybridized carbons (Fsp3) is 0.250. The van der Waals surface area contributed by atoms with Crippen LogP contribution in [0.4, 0.5) is 11.4 Å². The zero-order valence-electron chi connectivity index (χ0n) is 16.0. The Morgan fingerprint density at radius 1 is 0.750 bits per heavy atom. The van der Waals surface area contributed by atoms with Crippen molar-refractivity contribution in [3.63, 3.8) is 0 Å². The fourth-order valence-corrected chi connectivity index (χ4v) is 3.88. The van der Waals surface area contributed by atoms with E-state index in [-0.39, 0.29) is 0 Å². The van der Waals surface area contributed by atoms with Crippen molar-refractivity contribution < 1.29 is 4.74 Å². The summed E-state index contributed by atoms with van der Waals surface area (Å²) >= 11 is 0. The van der Waals surface area contributed by atoms with Gasteiger partial charge >= 0.3 is 0 Å². The monoisotopic (exact) mass is 368 g/mol. The highest BCUT2D eigenvalue weighted by molar-refractivity contribution is 6.11. The summed E-state index contributed by atoms with van der Waals surface area (Å²) in [6, 6.07) is 22.2. The molecular weight excluding hydrogens is 343 g/mol. The lowest BCUT2D eigenvalue weighted by atomic mass is 9.70. The summed E-state index contributed by atoms with van der Waals surface area (Å²) in [5.74, 6) is 2.34. The summed E-state index contributed by atoms with van der Waals surface area (Å²) in [5, 5.41) is 0. The van der Waals surface area contributed by atoms with Crippen molar-refractivity contribution in [1.29, 1.82) is 0 Å². The molecule has 0 aliphatic heterocycles. The van der Waals surface area contributed by atoms with Crippen LogP contribution in [-0.2, 0) is 0 Å². The van der Waals surface area contributed by atoms with E-state index in [1.165, 1.54) is 24.0 Å². The van der Waals surface area contributed by atoms with Crippen LogP contribution in [-0.4, -0.2) is 7.85 Å². The molecule has 140 valence electrons. The van der Waals surface area contributed by atoms with Crippen LogP contribution in [0.2, 0.25) is 5.82 Å². The third-order valence-corrected chi connectivity index (χ3v) is 5.61. The van der Waals surface area contributed by atoms with Gasteiger partial charge in [0.05, 0.1) is 13.5 Å². The highest BCUT2D eigenvalue weighted by Crippen LogP contribution is 2.37. The van der Waals surface area contributed by atoms with E-state index >= 15 is 0 Å². The topological polar surface area (TPSA) is 61.3 Å². The summed E-state index contributed by atoms with van der Waals surface area (Å²) < 4.78 is 5.87. The summed E-state index contributed by atoms with van der Waals surface area (Å²) in [4.78, 5) is 0. The van der Waals surface area contributed by atoms with E-state index in [4.69, 9.17) is 24.1 Å². The minimum absolute atomic E-state index is 0.388. The number of ether oxygens (including phenoxy) is 1. The molecule has 0 spiro atoms. The van der Waals surface area contributed by atoms with Gasteiger partial charge in [-0.25, -0.2) is 0 Å². The van der Waals surface area contributed by atoms with Gasteiger partial charge in [0.15, 0.2) is 5.75 Å². The lowest BCUT2D eigenvalue weighted by molar-refractivity contribution is 0.444. The van der Waals surface area contributed by atoms with Gasteiger partial charge in [-0.2, -0.15) is 0 Å². The number of nitrogens with two attached hydrogens (primary N) is 2.